The third-order valence-corrected chi connectivity index (χ3v) is 4.77. The first-order valence-electron chi connectivity index (χ1n) is 7.63. The largest absolute Gasteiger partial charge is 0.364 e. The third-order valence-electron chi connectivity index (χ3n) is 3.89. The molecule has 1 amide bonds. The topological polar surface area (TPSA) is 84.2 Å². The van der Waals surface area contributed by atoms with Crippen molar-refractivity contribution in [3.8, 4) is 10.7 Å². The fraction of sp³-hybridized carbons (Fsp3) is 0.250. The second-order valence-corrected chi connectivity index (χ2v) is 6.51. The number of hydrogen-bond acceptors (Lipinski definition) is 7. The smallest absolute Gasteiger partial charge is 0.245 e. The second kappa shape index (κ2) is 6.40. The maximum absolute atomic E-state index is 12.5. The lowest BCUT2D eigenvalue weighted by Crippen LogP contribution is -2.33. The van der Waals surface area contributed by atoms with Gasteiger partial charge >= 0.3 is 0 Å². The van der Waals surface area contributed by atoms with Gasteiger partial charge in [0.2, 0.25) is 11.0 Å². The molecule has 1 aliphatic rings. The first kappa shape index (κ1) is 14.8. The Bertz CT molecular complexity index is 818. The van der Waals surface area contributed by atoms with E-state index in [0.29, 0.717) is 22.4 Å². The summed E-state index contributed by atoms with van der Waals surface area (Å²) in [7, 11) is 0. The van der Waals surface area contributed by atoms with Crippen molar-refractivity contribution in [1.29, 1.82) is 0 Å². The van der Waals surface area contributed by atoms with Crippen molar-refractivity contribution < 1.29 is 9.32 Å². The average Bonchev–Trinajstić information content (AvgIpc) is 3.33. The molecule has 0 bridgehead atoms. The molecule has 3 heterocycles. The summed E-state index contributed by atoms with van der Waals surface area (Å²) in [5.74, 6) is 0.0945. The maximum Gasteiger partial charge on any atom is 0.245 e. The molecule has 4 rings (SSSR count). The molecular weight excluding hydrogens is 326 g/mol. The minimum Gasteiger partial charge on any atom is -0.364 e. The molecule has 1 atom stereocenters. The van der Waals surface area contributed by atoms with Crippen molar-refractivity contribution in [3.05, 3.63) is 48.2 Å². The van der Waals surface area contributed by atoms with Gasteiger partial charge in [-0.2, -0.15) is 0 Å². The molecular formula is C16H15N5O2S. The number of hydrogen-bond donors (Lipinski definition) is 1. The van der Waals surface area contributed by atoms with Crippen LogP contribution in [-0.2, 0) is 11.3 Å². The highest BCUT2D eigenvalue weighted by Crippen LogP contribution is 2.27. The molecule has 0 saturated carbocycles. The monoisotopic (exact) mass is 341 g/mol. The van der Waals surface area contributed by atoms with E-state index in [9.17, 15) is 4.79 Å². The Morgan fingerprint density at radius 1 is 1.25 bits per heavy atom. The molecule has 0 aliphatic carbocycles. The van der Waals surface area contributed by atoms with Gasteiger partial charge in [-0.15, -0.1) is 10.2 Å². The van der Waals surface area contributed by atoms with Gasteiger partial charge in [0.15, 0.2) is 5.01 Å². The van der Waals surface area contributed by atoms with Crippen molar-refractivity contribution in [3.63, 3.8) is 0 Å². The molecule has 0 unspecified atom stereocenters. The van der Waals surface area contributed by atoms with Crippen LogP contribution in [0, 0.1) is 0 Å². The van der Waals surface area contributed by atoms with Crippen molar-refractivity contribution in [1.82, 2.24) is 20.3 Å². The molecule has 2 aromatic heterocycles. The highest BCUT2D eigenvalue weighted by Gasteiger charge is 2.32. The number of rotatable bonds is 5. The van der Waals surface area contributed by atoms with Crippen LogP contribution < -0.4 is 5.32 Å². The van der Waals surface area contributed by atoms with Crippen LogP contribution in [0.3, 0.4) is 0 Å². The predicted molar refractivity (Wildman–Crippen MR) is 89.3 cm³/mol. The van der Waals surface area contributed by atoms with E-state index in [1.807, 2.05) is 35.2 Å². The molecule has 122 valence electrons. The summed E-state index contributed by atoms with van der Waals surface area (Å²) in [5.41, 5.74) is 1.78. The van der Waals surface area contributed by atoms with Crippen molar-refractivity contribution in [2.24, 2.45) is 0 Å². The fourth-order valence-corrected chi connectivity index (χ4v) is 3.45. The standard InChI is InChI=1S/C16H15N5O2S/c22-15-13(6-8-21(15)10-11-4-2-1-3-5-11)17-16-19-18-14(24-16)12-7-9-23-20-12/h1-5,7,9,13H,6,8,10H2,(H,17,19)/t13-/m0/s1. The van der Waals surface area contributed by atoms with Gasteiger partial charge < -0.3 is 14.7 Å². The number of anilines is 1. The van der Waals surface area contributed by atoms with Gasteiger partial charge in [-0.25, -0.2) is 0 Å². The zero-order valence-corrected chi connectivity index (χ0v) is 13.6. The molecule has 3 aromatic rings. The molecule has 1 aliphatic heterocycles. The quantitative estimate of drug-likeness (QED) is 0.767. The van der Waals surface area contributed by atoms with Crippen LogP contribution in [0.4, 0.5) is 5.13 Å². The van der Waals surface area contributed by atoms with E-state index in [1.165, 1.54) is 17.6 Å². The zero-order valence-electron chi connectivity index (χ0n) is 12.8. The Hall–Kier alpha value is -2.74. The van der Waals surface area contributed by atoms with E-state index in [0.717, 1.165) is 18.5 Å². The Morgan fingerprint density at radius 2 is 2.12 bits per heavy atom. The summed E-state index contributed by atoms with van der Waals surface area (Å²) in [6, 6.07) is 11.5. The van der Waals surface area contributed by atoms with Gasteiger partial charge in [0.1, 0.15) is 18.0 Å². The summed E-state index contributed by atoms with van der Waals surface area (Å²) in [6.45, 7) is 1.37. The van der Waals surface area contributed by atoms with Crippen LogP contribution in [0.1, 0.15) is 12.0 Å². The molecule has 8 heteroatoms. The Kier molecular flexibility index (Phi) is 3.96. The van der Waals surface area contributed by atoms with Crippen LogP contribution >= 0.6 is 11.3 Å². The first-order chi connectivity index (χ1) is 11.8. The molecule has 7 nitrogen and oxygen atoms in total. The summed E-state index contributed by atoms with van der Waals surface area (Å²) in [6.07, 6.45) is 2.25. The summed E-state index contributed by atoms with van der Waals surface area (Å²) in [5, 5.41) is 16.5. The SMILES string of the molecule is O=C1[C@@H](Nc2nnc(-c3ccon3)s2)CCN1Cc1ccccc1. The minimum atomic E-state index is -0.258. The lowest BCUT2D eigenvalue weighted by atomic mass is 10.2. The molecule has 1 saturated heterocycles. The van der Waals surface area contributed by atoms with Gasteiger partial charge in [0.25, 0.3) is 0 Å². The maximum atomic E-state index is 12.5. The van der Waals surface area contributed by atoms with E-state index in [1.54, 1.807) is 6.07 Å². The number of aromatic nitrogens is 3. The van der Waals surface area contributed by atoms with E-state index in [2.05, 4.69) is 20.7 Å². The Balaban J connectivity index is 1.40. The van der Waals surface area contributed by atoms with Crippen LogP contribution in [0.5, 0.6) is 0 Å². The minimum absolute atomic E-state index is 0.0945. The van der Waals surface area contributed by atoms with Crippen molar-refractivity contribution in [2.75, 3.05) is 11.9 Å². The number of nitrogens with one attached hydrogen (secondary N) is 1. The third kappa shape index (κ3) is 3.00. The van der Waals surface area contributed by atoms with Crippen molar-refractivity contribution >= 4 is 22.4 Å². The van der Waals surface area contributed by atoms with Gasteiger partial charge in [0.05, 0.1) is 0 Å². The molecule has 1 N–H and O–H groups in total. The highest BCUT2D eigenvalue weighted by molar-refractivity contribution is 7.18. The first-order valence-corrected chi connectivity index (χ1v) is 8.45. The number of carbonyl (C=O) groups excluding carboxylic acids is 1. The summed E-state index contributed by atoms with van der Waals surface area (Å²) < 4.78 is 4.81. The Labute approximate surface area is 142 Å². The Morgan fingerprint density at radius 3 is 2.92 bits per heavy atom. The van der Waals surface area contributed by atoms with Crippen LogP contribution in [-0.4, -0.2) is 38.7 Å². The predicted octanol–water partition coefficient (Wildman–Crippen LogP) is 2.41. The number of amides is 1. The average molecular weight is 341 g/mol. The number of benzene rings is 1. The van der Waals surface area contributed by atoms with E-state index in [4.69, 9.17) is 4.52 Å². The van der Waals surface area contributed by atoms with Crippen LogP contribution in [0.2, 0.25) is 0 Å². The molecule has 0 radical (unpaired) electrons. The zero-order chi connectivity index (χ0) is 16.4. The number of likely N-dealkylation sites (tertiary alicyclic amines) is 1. The van der Waals surface area contributed by atoms with Crippen LogP contribution in [0.25, 0.3) is 10.7 Å². The number of nitrogens with zero attached hydrogens (tertiary/aromatic N) is 4. The van der Waals surface area contributed by atoms with E-state index < -0.39 is 0 Å². The second-order valence-electron chi connectivity index (χ2n) is 5.53. The highest BCUT2D eigenvalue weighted by atomic mass is 32.1. The molecule has 0 spiro atoms. The van der Waals surface area contributed by atoms with Gasteiger partial charge in [0, 0.05) is 19.2 Å². The molecule has 1 fully saturated rings. The van der Waals surface area contributed by atoms with E-state index >= 15 is 0 Å². The van der Waals surface area contributed by atoms with Gasteiger partial charge in [-0.05, 0) is 12.0 Å². The van der Waals surface area contributed by atoms with Gasteiger partial charge in [-0.1, -0.05) is 46.8 Å². The van der Waals surface area contributed by atoms with Crippen molar-refractivity contribution in [2.45, 2.75) is 19.0 Å². The van der Waals surface area contributed by atoms with Crippen LogP contribution in [0.15, 0.2) is 47.2 Å². The molecule has 1 aromatic carbocycles. The summed E-state index contributed by atoms with van der Waals surface area (Å²) >= 11 is 1.36. The summed E-state index contributed by atoms with van der Waals surface area (Å²) in [4.78, 5) is 14.4. The normalized spacial score (nSPS) is 17.4. The fourth-order valence-electron chi connectivity index (χ4n) is 2.69. The van der Waals surface area contributed by atoms with Gasteiger partial charge in [-0.3, -0.25) is 4.79 Å². The lowest BCUT2D eigenvalue weighted by molar-refractivity contribution is -0.128. The van der Waals surface area contributed by atoms with E-state index in [-0.39, 0.29) is 11.9 Å². The molecule has 24 heavy (non-hydrogen) atoms. The number of carbonyl (C=O) groups is 1. The lowest BCUT2D eigenvalue weighted by Gasteiger charge is -2.16.